The normalized spacial score (nSPS) is 19.7. The van der Waals surface area contributed by atoms with Gasteiger partial charge in [-0.05, 0) is 31.0 Å². The average molecular weight is 373 g/mol. The minimum atomic E-state index is -0.301. The molecule has 2 atom stereocenters. The molecule has 0 radical (unpaired) electrons. The minimum absolute atomic E-state index is 0.0139. The van der Waals surface area contributed by atoms with Gasteiger partial charge in [-0.15, -0.1) is 0 Å². The van der Waals surface area contributed by atoms with Crippen LogP contribution in [0.15, 0.2) is 24.3 Å². The predicted molar refractivity (Wildman–Crippen MR) is 99.8 cm³/mol. The number of amides is 2. The number of fused-ring (bicyclic) bond motifs is 1. The first-order valence-electron chi connectivity index (χ1n) is 8.71. The van der Waals surface area contributed by atoms with Crippen LogP contribution in [0, 0.1) is 17.2 Å². The zero-order valence-electron chi connectivity index (χ0n) is 14.6. The van der Waals surface area contributed by atoms with Gasteiger partial charge in [0.05, 0.1) is 12.0 Å². The lowest BCUT2D eigenvalue weighted by atomic mass is 9.83. The number of carbonyl (C=O) groups is 2. The van der Waals surface area contributed by atoms with Gasteiger partial charge in [0, 0.05) is 29.0 Å². The third-order valence-corrected chi connectivity index (χ3v) is 5.24. The first kappa shape index (κ1) is 18.3. The maximum atomic E-state index is 12.8. The largest absolute Gasteiger partial charge is 0.347 e. The Hall–Kier alpha value is -2.52. The first-order chi connectivity index (χ1) is 12.5. The number of rotatable bonds is 4. The average Bonchev–Trinajstić information content (AvgIpc) is 2.96. The molecule has 1 fully saturated rings. The second kappa shape index (κ2) is 7.79. The number of nitrogens with zero attached hydrogens (tertiary/aromatic N) is 2. The van der Waals surface area contributed by atoms with E-state index in [1.807, 2.05) is 35.9 Å². The fraction of sp³-hybridized carbons (Fsp3) is 0.421. The van der Waals surface area contributed by atoms with Crippen LogP contribution in [0.25, 0.3) is 10.9 Å². The van der Waals surface area contributed by atoms with Crippen molar-refractivity contribution in [2.24, 2.45) is 13.0 Å². The van der Waals surface area contributed by atoms with Crippen molar-refractivity contribution in [3.8, 4) is 6.07 Å². The van der Waals surface area contributed by atoms with Gasteiger partial charge >= 0.3 is 0 Å². The highest BCUT2D eigenvalue weighted by Gasteiger charge is 2.32. The molecule has 0 saturated heterocycles. The van der Waals surface area contributed by atoms with E-state index < -0.39 is 0 Å². The van der Waals surface area contributed by atoms with Gasteiger partial charge in [-0.2, -0.15) is 5.26 Å². The van der Waals surface area contributed by atoms with Crippen molar-refractivity contribution in [3.05, 3.63) is 35.0 Å². The smallest absolute Gasteiger partial charge is 0.268 e. The molecule has 136 valence electrons. The molecule has 6 nitrogen and oxygen atoms in total. The summed E-state index contributed by atoms with van der Waals surface area (Å²) in [6.45, 7) is -0.0139. The van der Waals surface area contributed by atoms with Crippen molar-refractivity contribution < 1.29 is 9.59 Å². The Morgan fingerprint density at radius 2 is 2.08 bits per heavy atom. The lowest BCUT2D eigenvalue weighted by molar-refractivity contribution is -0.126. The molecule has 7 heteroatoms. The summed E-state index contributed by atoms with van der Waals surface area (Å²) >= 11 is 6.05. The highest BCUT2D eigenvalue weighted by Crippen LogP contribution is 2.26. The van der Waals surface area contributed by atoms with Crippen molar-refractivity contribution in [2.45, 2.75) is 31.7 Å². The van der Waals surface area contributed by atoms with Gasteiger partial charge in [0.15, 0.2) is 0 Å². The summed E-state index contributed by atoms with van der Waals surface area (Å²) in [5.41, 5.74) is 1.42. The van der Waals surface area contributed by atoms with Crippen molar-refractivity contribution in [1.82, 2.24) is 15.2 Å². The highest BCUT2D eigenvalue weighted by atomic mass is 35.5. The maximum absolute atomic E-state index is 12.8. The van der Waals surface area contributed by atoms with E-state index in [2.05, 4.69) is 10.6 Å². The lowest BCUT2D eigenvalue weighted by Gasteiger charge is -2.31. The molecule has 0 spiro atoms. The van der Waals surface area contributed by atoms with Gasteiger partial charge in [-0.3, -0.25) is 9.59 Å². The molecular weight excluding hydrogens is 352 g/mol. The van der Waals surface area contributed by atoms with Gasteiger partial charge < -0.3 is 15.2 Å². The molecule has 1 heterocycles. The Kier molecular flexibility index (Phi) is 5.48. The molecule has 2 unspecified atom stereocenters. The van der Waals surface area contributed by atoms with E-state index >= 15 is 0 Å². The Morgan fingerprint density at radius 3 is 2.85 bits per heavy atom. The van der Waals surface area contributed by atoms with Gasteiger partial charge in [0.25, 0.3) is 5.91 Å². The molecule has 2 amide bonds. The van der Waals surface area contributed by atoms with Crippen LogP contribution in [0.5, 0.6) is 0 Å². The molecule has 1 aromatic carbocycles. The number of carbonyl (C=O) groups excluding carboxylic acids is 2. The van der Waals surface area contributed by atoms with Crippen LogP contribution in [0.1, 0.15) is 36.2 Å². The number of aryl methyl sites for hydroxylation is 1. The van der Waals surface area contributed by atoms with Crippen molar-refractivity contribution in [3.63, 3.8) is 0 Å². The van der Waals surface area contributed by atoms with Crippen LogP contribution < -0.4 is 10.6 Å². The molecule has 2 aromatic rings. The van der Waals surface area contributed by atoms with Gasteiger partial charge in [-0.1, -0.05) is 30.5 Å². The number of halogens is 1. The summed E-state index contributed by atoms with van der Waals surface area (Å²) in [5.74, 6) is -0.671. The van der Waals surface area contributed by atoms with Crippen LogP contribution in [0.4, 0.5) is 0 Å². The molecule has 1 saturated carbocycles. The van der Waals surface area contributed by atoms with Gasteiger partial charge in [0.2, 0.25) is 5.91 Å². The zero-order valence-corrected chi connectivity index (χ0v) is 15.3. The van der Waals surface area contributed by atoms with E-state index in [0.717, 1.165) is 30.2 Å². The van der Waals surface area contributed by atoms with Crippen LogP contribution >= 0.6 is 11.6 Å². The zero-order chi connectivity index (χ0) is 18.7. The molecule has 2 N–H and O–H groups in total. The summed E-state index contributed by atoms with van der Waals surface area (Å²) in [5, 5.41) is 15.8. The standard InChI is InChI=1S/C19H21ClN4O2/c1-24-16-11-13(20)7-6-12(16)10-17(24)19(26)23-15-5-3-2-4-14(15)18(25)22-9-8-21/h6-7,10-11,14-15H,2-5,9H2,1H3,(H,22,25)(H,23,26). The molecule has 1 aromatic heterocycles. The van der Waals surface area contributed by atoms with Crippen LogP contribution in [-0.4, -0.2) is 29.0 Å². The molecule has 0 bridgehead atoms. The van der Waals surface area contributed by atoms with E-state index in [9.17, 15) is 9.59 Å². The molecule has 1 aliphatic carbocycles. The third-order valence-electron chi connectivity index (χ3n) is 5.00. The SMILES string of the molecule is Cn1c(C(=O)NC2CCCCC2C(=O)NCC#N)cc2ccc(Cl)cc21. The van der Waals surface area contributed by atoms with Crippen molar-refractivity contribution >= 4 is 34.3 Å². The topological polar surface area (TPSA) is 86.9 Å². The second-order valence-electron chi connectivity index (χ2n) is 6.64. The number of nitrogens with one attached hydrogen (secondary N) is 2. The molecule has 3 rings (SSSR count). The Balaban J connectivity index is 1.78. The summed E-state index contributed by atoms with van der Waals surface area (Å²) in [4.78, 5) is 25.1. The Labute approximate surface area is 157 Å². The number of hydrogen-bond donors (Lipinski definition) is 2. The quantitative estimate of drug-likeness (QED) is 0.809. The second-order valence-corrected chi connectivity index (χ2v) is 7.07. The van der Waals surface area contributed by atoms with E-state index in [1.165, 1.54) is 0 Å². The fourth-order valence-electron chi connectivity index (χ4n) is 3.64. The number of aromatic nitrogens is 1. The van der Waals surface area contributed by atoms with E-state index in [0.29, 0.717) is 17.1 Å². The van der Waals surface area contributed by atoms with E-state index in [1.54, 1.807) is 6.07 Å². The molecular formula is C19H21ClN4O2. The van der Waals surface area contributed by atoms with Crippen LogP contribution in [0.3, 0.4) is 0 Å². The summed E-state index contributed by atoms with van der Waals surface area (Å²) in [6.07, 6.45) is 3.39. The Morgan fingerprint density at radius 1 is 1.31 bits per heavy atom. The van der Waals surface area contributed by atoms with Crippen molar-refractivity contribution in [2.75, 3.05) is 6.54 Å². The van der Waals surface area contributed by atoms with Gasteiger partial charge in [-0.25, -0.2) is 0 Å². The molecule has 0 aliphatic heterocycles. The molecule has 26 heavy (non-hydrogen) atoms. The summed E-state index contributed by atoms with van der Waals surface area (Å²) in [7, 11) is 1.82. The monoisotopic (exact) mass is 372 g/mol. The lowest BCUT2D eigenvalue weighted by Crippen LogP contribution is -2.48. The number of nitriles is 1. The summed E-state index contributed by atoms with van der Waals surface area (Å²) < 4.78 is 1.81. The van der Waals surface area contributed by atoms with Gasteiger partial charge in [0.1, 0.15) is 12.2 Å². The first-order valence-corrected chi connectivity index (χ1v) is 9.09. The summed E-state index contributed by atoms with van der Waals surface area (Å²) in [6, 6.07) is 9.02. The van der Waals surface area contributed by atoms with Crippen LogP contribution in [0.2, 0.25) is 5.02 Å². The highest BCUT2D eigenvalue weighted by molar-refractivity contribution is 6.31. The van der Waals surface area contributed by atoms with E-state index in [-0.39, 0.29) is 30.3 Å². The Bertz CT molecular complexity index is 884. The number of benzene rings is 1. The number of hydrogen-bond acceptors (Lipinski definition) is 3. The van der Waals surface area contributed by atoms with Crippen molar-refractivity contribution in [1.29, 1.82) is 5.26 Å². The maximum Gasteiger partial charge on any atom is 0.268 e. The van der Waals surface area contributed by atoms with E-state index in [4.69, 9.17) is 16.9 Å². The van der Waals surface area contributed by atoms with Crippen LogP contribution in [-0.2, 0) is 11.8 Å². The molecule has 1 aliphatic rings. The fourth-order valence-corrected chi connectivity index (χ4v) is 3.80. The third kappa shape index (κ3) is 3.68. The minimum Gasteiger partial charge on any atom is -0.347 e. The predicted octanol–water partition coefficient (Wildman–Crippen LogP) is 2.76.